The van der Waals surface area contributed by atoms with E-state index in [1.807, 2.05) is 0 Å². The number of nitrogens with two attached hydrogens (primary N) is 1. The summed E-state index contributed by atoms with van der Waals surface area (Å²) < 4.78 is 5.54. The third-order valence-electron chi connectivity index (χ3n) is 1.40. The van der Waals surface area contributed by atoms with Gasteiger partial charge in [-0.1, -0.05) is 6.92 Å². The third-order valence-corrected chi connectivity index (χ3v) is 3.80. The van der Waals surface area contributed by atoms with E-state index in [1.54, 1.807) is 0 Å². The Morgan fingerprint density at radius 2 is 2.10 bits per heavy atom. The molecule has 0 spiro atoms. The van der Waals surface area contributed by atoms with Gasteiger partial charge in [0.1, 0.15) is 0 Å². The Morgan fingerprint density at radius 1 is 1.40 bits per heavy atom. The van der Waals surface area contributed by atoms with Gasteiger partial charge in [-0.15, -0.1) is 0 Å². The highest BCUT2D eigenvalue weighted by molar-refractivity contribution is 6.51. The van der Waals surface area contributed by atoms with Crippen LogP contribution in [0.2, 0.25) is 12.1 Å². The van der Waals surface area contributed by atoms with Crippen LogP contribution in [0.4, 0.5) is 0 Å². The summed E-state index contributed by atoms with van der Waals surface area (Å²) in [5, 5.41) is 0. The summed E-state index contributed by atoms with van der Waals surface area (Å²) in [6.07, 6.45) is 1.13. The van der Waals surface area contributed by atoms with Gasteiger partial charge in [0, 0.05) is 6.61 Å². The second-order valence-corrected chi connectivity index (χ2v) is 4.79. The molecular weight excluding hydrogens is 142 g/mol. The molecule has 0 heterocycles. The van der Waals surface area contributed by atoms with E-state index in [4.69, 9.17) is 10.2 Å². The third kappa shape index (κ3) is 4.96. The minimum Gasteiger partial charge on any atom is -0.417 e. The Morgan fingerprint density at radius 3 is 2.50 bits per heavy atom. The van der Waals surface area contributed by atoms with Crippen molar-refractivity contribution in [3.8, 4) is 0 Å². The Labute approximate surface area is 65.5 Å². The van der Waals surface area contributed by atoms with Crippen LogP contribution in [-0.2, 0) is 4.43 Å². The topological polar surface area (TPSA) is 35.2 Å². The van der Waals surface area contributed by atoms with Crippen LogP contribution in [-0.4, -0.2) is 22.2 Å². The Bertz CT molecular complexity index is 70.6. The first kappa shape index (κ1) is 10.1. The quantitative estimate of drug-likeness (QED) is 0.596. The van der Waals surface area contributed by atoms with Crippen LogP contribution in [0.5, 0.6) is 0 Å². The molecular formula is C7H18NOSi. The molecule has 0 saturated carbocycles. The summed E-state index contributed by atoms with van der Waals surface area (Å²) in [6, 6.07) is 2.42. The first-order valence-electron chi connectivity index (χ1n) is 4.02. The highest BCUT2D eigenvalue weighted by Gasteiger charge is 2.07. The number of hydrogen-bond acceptors (Lipinski definition) is 2. The molecule has 0 aromatic carbocycles. The average Bonchev–Trinajstić information content (AvgIpc) is 1.98. The van der Waals surface area contributed by atoms with Crippen LogP contribution in [0.15, 0.2) is 0 Å². The predicted octanol–water partition coefficient (Wildman–Crippen LogP) is 1.38. The van der Waals surface area contributed by atoms with Crippen LogP contribution in [0.1, 0.15) is 20.3 Å². The van der Waals surface area contributed by atoms with E-state index >= 15 is 0 Å². The smallest absolute Gasteiger partial charge is 0.211 e. The second-order valence-electron chi connectivity index (χ2n) is 2.22. The van der Waals surface area contributed by atoms with Gasteiger partial charge in [0.15, 0.2) is 0 Å². The minimum absolute atomic E-state index is 0.478. The molecule has 10 heavy (non-hydrogen) atoms. The molecule has 0 aromatic rings. The molecule has 0 bridgehead atoms. The fourth-order valence-electron chi connectivity index (χ4n) is 0.854. The average molecular weight is 160 g/mol. The molecule has 2 N–H and O–H groups in total. The molecule has 0 atom stereocenters. The Balaban J connectivity index is 3.21. The minimum atomic E-state index is -0.478. The van der Waals surface area contributed by atoms with Gasteiger partial charge in [-0.25, -0.2) is 0 Å². The van der Waals surface area contributed by atoms with Crippen LogP contribution in [0.25, 0.3) is 0 Å². The largest absolute Gasteiger partial charge is 0.417 e. The predicted molar refractivity (Wildman–Crippen MR) is 46.3 cm³/mol. The van der Waals surface area contributed by atoms with Crippen molar-refractivity contribution in [2.45, 2.75) is 32.4 Å². The highest BCUT2D eigenvalue weighted by Crippen LogP contribution is 2.02. The van der Waals surface area contributed by atoms with E-state index in [0.29, 0.717) is 0 Å². The lowest BCUT2D eigenvalue weighted by Gasteiger charge is -2.10. The first-order chi connectivity index (χ1) is 4.85. The normalized spacial score (nSPS) is 10.8. The lowest BCUT2D eigenvalue weighted by molar-refractivity contribution is 0.341. The monoisotopic (exact) mass is 160 g/mol. The zero-order valence-electron chi connectivity index (χ0n) is 7.02. The van der Waals surface area contributed by atoms with Gasteiger partial charge < -0.3 is 10.2 Å². The summed E-state index contributed by atoms with van der Waals surface area (Å²) in [5.41, 5.74) is 5.39. The van der Waals surface area contributed by atoms with Gasteiger partial charge in [0.05, 0.1) is 0 Å². The van der Waals surface area contributed by atoms with Crippen molar-refractivity contribution >= 4 is 9.04 Å². The first-order valence-corrected chi connectivity index (χ1v) is 5.84. The van der Waals surface area contributed by atoms with Crippen molar-refractivity contribution < 1.29 is 4.43 Å². The standard InChI is InChI=1S/C7H18NOSi/c1-3-9-10(4-2)7-5-6-8/h3-8H2,1-2H3. The molecule has 0 amide bonds. The van der Waals surface area contributed by atoms with Crippen LogP contribution < -0.4 is 5.73 Å². The van der Waals surface area contributed by atoms with Gasteiger partial charge in [-0.3, -0.25) is 0 Å². The molecule has 0 saturated heterocycles. The van der Waals surface area contributed by atoms with Crippen LogP contribution in [0, 0.1) is 0 Å². The summed E-state index contributed by atoms with van der Waals surface area (Å²) in [5.74, 6) is 0. The summed E-state index contributed by atoms with van der Waals surface area (Å²) >= 11 is 0. The second kappa shape index (κ2) is 7.25. The molecule has 3 heteroatoms. The van der Waals surface area contributed by atoms with Crippen molar-refractivity contribution in [2.24, 2.45) is 5.73 Å². The lowest BCUT2D eigenvalue weighted by atomic mass is 10.5. The van der Waals surface area contributed by atoms with Crippen molar-refractivity contribution in [1.82, 2.24) is 0 Å². The van der Waals surface area contributed by atoms with Crippen LogP contribution in [0.3, 0.4) is 0 Å². The van der Waals surface area contributed by atoms with Gasteiger partial charge >= 0.3 is 0 Å². The summed E-state index contributed by atoms with van der Waals surface area (Å²) in [6.45, 7) is 5.93. The zero-order valence-corrected chi connectivity index (χ0v) is 8.02. The van der Waals surface area contributed by atoms with E-state index < -0.39 is 9.04 Å². The SMILES string of the molecule is CCO[Si](CC)CCCN. The van der Waals surface area contributed by atoms with Crippen molar-refractivity contribution in [3.63, 3.8) is 0 Å². The molecule has 0 aliphatic carbocycles. The van der Waals surface area contributed by atoms with Gasteiger partial charge in [0.25, 0.3) is 0 Å². The highest BCUT2D eigenvalue weighted by atomic mass is 28.3. The fraction of sp³-hybridized carbons (Fsp3) is 1.00. The van der Waals surface area contributed by atoms with E-state index in [1.165, 1.54) is 12.1 Å². The summed E-state index contributed by atoms with van der Waals surface area (Å²) in [7, 11) is -0.478. The van der Waals surface area contributed by atoms with Crippen molar-refractivity contribution in [3.05, 3.63) is 0 Å². The molecule has 1 radical (unpaired) electrons. The maximum absolute atomic E-state index is 5.54. The van der Waals surface area contributed by atoms with E-state index in [9.17, 15) is 0 Å². The molecule has 2 nitrogen and oxygen atoms in total. The molecule has 0 aromatic heterocycles. The van der Waals surface area contributed by atoms with E-state index in [-0.39, 0.29) is 0 Å². The zero-order chi connectivity index (χ0) is 7.82. The molecule has 0 aliphatic heterocycles. The molecule has 0 aliphatic rings. The lowest BCUT2D eigenvalue weighted by Crippen LogP contribution is -2.17. The molecule has 0 unspecified atom stereocenters. The Kier molecular flexibility index (Phi) is 7.35. The fourth-order valence-corrected chi connectivity index (χ4v) is 2.56. The molecule has 61 valence electrons. The molecule has 0 rings (SSSR count). The molecule has 0 fully saturated rings. The van der Waals surface area contributed by atoms with Crippen molar-refractivity contribution in [2.75, 3.05) is 13.2 Å². The van der Waals surface area contributed by atoms with Gasteiger partial charge in [-0.2, -0.15) is 0 Å². The van der Waals surface area contributed by atoms with E-state index in [0.717, 1.165) is 19.6 Å². The van der Waals surface area contributed by atoms with Crippen molar-refractivity contribution in [1.29, 1.82) is 0 Å². The number of rotatable bonds is 6. The Hall–Kier alpha value is 0.137. The van der Waals surface area contributed by atoms with E-state index in [2.05, 4.69) is 13.8 Å². The van der Waals surface area contributed by atoms with Crippen LogP contribution >= 0.6 is 0 Å². The van der Waals surface area contributed by atoms with Gasteiger partial charge in [0.2, 0.25) is 9.04 Å². The summed E-state index contributed by atoms with van der Waals surface area (Å²) in [4.78, 5) is 0. The number of hydrogen-bond donors (Lipinski definition) is 1. The maximum Gasteiger partial charge on any atom is 0.211 e. The van der Waals surface area contributed by atoms with Gasteiger partial charge in [-0.05, 0) is 32.0 Å². The maximum atomic E-state index is 5.54.